The SMILES string of the molecule is CCOC(=O)c1ccc(N=C2SC(C(=O)Nc3cccc(OCC)c3)CC(=O)N2CCc2ccc(Cl)cc2)cc1. The highest BCUT2D eigenvalue weighted by molar-refractivity contribution is 8.15. The number of thioether (sulfide) groups is 1. The number of aliphatic imine (C=N–C) groups is 1. The molecule has 8 nitrogen and oxygen atoms in total. The lowest BCUT2D eigenvalue weighted by Crippen LogP contribution is -2.46. The van der Waals surface area contributed by atoms with E-state index in [-0.39, 0.29) is 24.8 Å². The Morgan fingerprint density at radius 1 is 1.05 bits per heavy atom. The Bertz CT molecular complexity index is 1380. The maximum Gasteiger partial charge on any atom is 0.338 e. The van der Waals surface area contributed by atoms with Crippen molar-refractivity contribution in [2.24, 2.45) is 4.99 Å². The monoisotopic (exact) mass is 579 g/mol. The van der Waals surface area contributed by atoms with Gasteiger partial charge in [-0.3, -0.25) is 14.5 Å². The van der Waals surface area contributed by atoms with E-state index in [9.17, 15) is 14.4 Å². The van der Waals surface area contributed by atoms with Gasteiger partial charge < -0.3 is 14.8 Å². The van der Waals surface area contributed by atoms with Gasteiger partial charge in [0.2, 0.25) is 11.8 Å². The first-order chi connectivity index (χ1) is 19.4. The van der Waals surface area contributed by atoms with E-state index in [1.807, 2.05) is 37.3 Å². The summed E-state index contributed by atoms with van der Waals surface area (Å²) in [5, 5.41) is 3.28. The summed E-state index contributed by atoms with van der Waals surface area (Å²) in [6.07, 6.45) is 0.619. The van der Waals surface area contributed by atoms with Crippen LogP contribution in [0.5, 0.6) is 5.75 Å². The lowest BCUT2D eigenvalue weighted by atomic mass is 10.1. The zero-order chi connectivity index (χ0) is 28.5. The number of anilines is 1. The molecule has 1 heterocycles. The predicted octanol–water partition coefficient (Wildman–Crippen LogP) is 6.12. The normalized spacial score (nSPS) is 16.1. The maximum absolute atomic E-state index is 13.3. The summed E-state index contributed by atoms with van der Waals surface area (Å²) in [5.74, 6) is -0.263. The molecule has 1 unspecified atom stereocenters. The van der Waals surface area contributed by atoms with Crippen LogP contribution < -0.4 is 10.1 Å². The van der Waals surface area contributed by atoms with Crippen molar-refractivity contribution in [3.05, 3.63) is 88.9 Å². The number of hydrogen-bond acceptors (Lipinski definition) is 7. The van der Waals surface area contributed by atoms with E-state index in [0.717, 1.165) is 5.56 Å². The summed E-state index contributed by atoms with van der Waals surface area (Å²) < 4.78 is 10.6. The number of nitrogens with zero attached hydrogens (tertiary/aromatic N) is 2. The van der Waals surface area contributed by atoms with Gasteiger partial charge in [-0.25, -0.2) is 9.79 Å². The highest BCUT2D eigenvalue weighted by Crippen LogP contribution is 2.31. The van der Waals surface area contributed by atoms with E-state index in [1.165, 1.54) is 11.8 Å². The third-order valence-corrected chi connectivity index (χ3v) is 7.42. The zero-order valence-corrected chi connectivity index (χ0v) is 23.8. The van der Waals surface area contributed by atoms with Crippen molar-refractivity contribution in [2.75, 3.05) is 25.1 Å². The first kappa shape index (κ1) is 29.2. The molecule has 3 aromatic carbocycles. The Labute approximate surface area is 242 Å². The average Bonchev–Trinajstić information content (AvgIpc) is 2.94. The van der Waals surface area contributed by atoms with Crippen molar-refractivity contribution in [2.45, 2.75) is 31.9 Å². The van der Waals surface area contributed by atoms with Crippen LogP contribution in [0.15, 0.2) is 77.8 Å². The van der Waals surface area contributed by atoms with Crippen molar-refractivity contribution in [3.8, 4) is 5.75 Å². The Kier molecular flexibility index (Phi) is 10.2. The average molecular weight is 580 g/mol. The molecule has 3 aromatic rings. The number of rotatable bonds is 10. The van der Waals surface area contributed by atoms with Gasteiger partial charge in [-0.1, -0.05) is 41.6 Å². The van der Waals surface area contributed by atoms with Crippen molar-refractivity contribution >= 4 is 57.7 Å². The Balaban J connectivity index is 1.55. The summed E-state index contributed by atoms with van der Waals surface area (Å²) in [4.78, 5) is 44.9. The molecular formula is C30H30ClN3O5S. The standard InChI is InChI=1S/C30H30ClN3O5S/c1-3-38-25-7-5-6-24(18-25)32-28(36)26-19-27(35)34(17-16-20-8-12-22(31)13-9-20)30(40-26)33-23-14-10-21(11-15-23)29(37)39-4-2/h5-15,18,26H,3-4,16-17,19H2,1-2H3,(H,32,36). The summed E-state index contributed by atoms with van der Waals surface area (Å²) in [7, 11) is 0. The van der Waals surface area contributed by atoms with Crippen molar-refractivity contribution in [3.63, 3.8) is 0 Å². The zero-order valence-electron chi connectivity index (χ0n) is 22.3. The second-order valence-corrected chi connectivity index (χ2v) is 10.5. The topological polar surface area (TPSA) is 97.3 Å². The molecule has 40 heavy (non-hydrogen) atoms. The van der Waals surface area contributed by atoms with E-state index in [1.54, 1.807) is 54.3 Å². The fourth-order valence-electron chi connectivity index (χ4n) is 4.00. The molecule has 0 radical (unpaired) electrons. The quantitative estimate of drug-likeness (QED) is 0.291. The first-order valence-electron chi connectivity index (χ1n) is 13.0. The van der Waals surface area contributed by atoms with Gasteiger partial charge in [0.15, 0.2) is 5.17 Å². The highest BCUT2D eigenvalue weighted by atomic mass is 35.5. The number of benzene rings is 3. The Hall–Kier alpha value is -3.82. The second kappa shape index (κ2) is 14.0. The highest BCUT2D eigenvalue weighted by Gasteiger charge is 2.36. The van der Waals surface area contributed by atoms with Crippen LogP contribution in [0.1, 0.15) is 36.2 Å². The van der Waals surface area contributed by atoms with Gasteiger partial charge in [-0.15, -0.1) is 0 Å². The lowest BCUT2D eigenvalue weighted by molar-refractivity contribution is -0.129. The molecule has 1 saturated heterocycles. The summed E-state index contributed by atoms with van der Waals surface area (Å²) in [6, 6.07) is 21.2. The van der Waals surface area contributed by atoms with Crippen molar-refractivity contribution in [1.29, 1.82) is 0 Å². The maximum atomic E-state index is 13.3. The number of nitrogens with one attached hydrogen (secondary N) is 1. The number of hydrogen-bond donors (Lipinski definition) is 1. The van der Waals surface area contributed by atoms with Crippen molar-refractivity contribution in [1.82, 2.24) is 4.90 Å². The fourth-order valence-corrected chi connectivity index (χ4v) is 5.25. The van der Waals surface area contributed by atoms with Crippen molar-refractivity contribution < 1.29 is 23.9 Å². The van der Waals surface area contributed by atoms with E-state index in [4.69, 9.17) is 26.1 Å². The summed E-state index contributed by atoms with van der Waals surface area (Å²) >= 11 is 7.25. The van der Waals surface area contributed by atoms with Crippen LogP contribution in [0, 0.1) is 0 Å². The predicted molar refractivity (Wildman–Crippen MR) is 159 cm³/mol. The molecule has 0 spiro atoms. The van der Waals surface area contributed by atoms with E-state index >= 15 is 0 Å². The first-order valence-corrected chi connectivity index (χ1v) is 14.2. The Morgan fingerprint density at radius 3 is 2.50 bits per heavy atom. The third kappa shape index (κ3) is 7.86. The van der Waals surface area contributed by atoms with Gasteiger partial charge in [-0.2, -0.15) is 0 Å². The summed E-state index contributed by atoms with van der Waals surface area (Å²) in [6.45, 7) is 4.81. The molecule has 2 amide bonds. The molecular weight excluding hydrogens is 550 g/mol. The van der Waals surface area contributed by atoms with Crippen LogP contribution in [0.25, 0.3) is 0 Å². The molecule has 1 atom stereocenters. The number of amidine groups is 1. The third-order valence-electron chi connectivity index (χ3n) is 5.99. The minimum Gasteiger partial charge on any atom is -0.494 e. The van der Waals surface area contributed by atoms with Crippen LogP contribution >= 0.6 is 23.4 Å². The molecule has 1 aliphatic rings. The number of esters is 1. The van der Waals surface area contributed by atoms with Crippen LogP contribution in [0.4, 0.5) is 11.4 Å². The van der Waals surface area contributed by atoms with Crippen LogP contribution in [0.3, 0.4) is 0 Å². The molecule has 0 saturated carbocycles. The Morgan fingerprint density at radius 2 is 1.80 bits per heavy atom. The van der Waals surface area contributed by atoms with Gasteiger partial charge in [0.1, 0.15) is 11.0 Å². The molecule has 1 fully saturated rings. The number of carbonyl (C=O) groups excluding carboxylic acids is 3. The molecule has 0 bridgehead atoms. The van der Waals surface area contributed by atoms with Crippen LogP contribution in [-0.2, 0) is 20.7 Å². The van der Waals surface area contributed by atoms with E-state index in [0.29, 0.717) is 52.5 Å². The van der Waals surface area contributed by atoms with Crippen LogP contribution in [-0.4, -0.2) is 52.9 Å². The number of ether oxygens (including phenoxy) is 2. The molecule has 10 heteroatoms. The largest absolute Gasteiger partial charge is 0.494 e. The van der Waals surface area contributed by atoms with Gasteiger partial charge >= 0.3 is 5.97 Å². The summed E-state index contributed by atoms with van der Waals surface area (Å²) in [5.41, 5.74) is 2.56. The number of carbonyl (C=O) groups is 3. The molecule has 208 valence electrons. The van der Waals surface area contributed by atoms with E-state index < -0.39 is 11.2 Å². The van der Waals surface area contributed by atoms with E-state index in [2.05, 4.69) is 5.32 Å². The minimum absolute atomic E-state index is 0.0308. The molecule has 4 rings (SSSR count). The van der Waals surface area contributed by atoms with Gasteiger partial charge in [-0.05, 0) is 74.4 Å². The molecule has 0 aromatic heterocycles. The van der Waals surface area contributed by atoms with Crippen LogP contribution in [0.2, 0.25) is 5.02 Å². The molecule has 1 aliphatic heterocycles. The smallest absolute Gasteiger partial charge is 0.338 e. The lowest BCUT2D eigenvalue weighted by Gasteiger charge is -2.32. The molecule has 1 N–H and O–H groups in total. The minimum atomic E-state index is -0.674. The molecule has 0 aliphatic carbocycles. The van der Waals surface area contributed by atoms with Gasteiger partial charge in [0.05, 0.1) is 24.5 Å². The number of amides is 2. The second-order valence-electron chi connectivity index (χ2n) is 8.84. The van der Waals surface area contributed by atoms with Gasteiger partial charge in [0.25, 0.3) is 0 Å². The fraction of sp³-hybridized carbons (Fsp3) is 0.267. The number of halogens is 1. The van der Waals surface area contributed by atoms with Gasteiger partial charge in [0, 0.05) is 29.7 Å².